The van der Waals surface area contributed by atoms with Gasteiger partial charge in [-0.05, 0) is 61.1 Å². The van der Waals surface area contributed by atoms with E-state index in [4.69, 9.17) is 9.84 Å². The van der Waals surface area contributed by atoms with Crippen LogP contribution in [0.5, 0.6) is 5.75 Å². The number of rotatable bonds is 6. The smallest absolute Gasteiger partial charge is 0.284 e. The van der Waals surface area contributed by atoms with Crippen LogP contribution in [-0.2, 0) is 0 Å². The van der Waals surface area contributed by atoms with Gasteiger partial charge in [-0.15, -0.1) is 0 Å². The first kappa shape index (κ1) is 22.8. The Bertz CT molecular complexity index is 1640. The summed E-state index contributed by atoms with van der Waals surface area (Å²) >= 11 is 0. The van der Waals surface area contributed by atoms with Gasteiger partial charge in [0.25, 0.3) is 5.56 Å². The van der Waals surface area contributed by atoms with Gasteiger partial charge in [0.1, 0.15) is 22.9 Å². The zero-order valence-corrected chi connectivity index (χ0v) is 20.6. The molecule has 3 heterocycles. The molecular formula is C30H27N5O2. The predicted molar refractivity (Wildman–Crippen MR) is 147 cm³/mol. The van der Waals surface area contributed by atoms with E-state index in [1.165, 1.54) is 16.5 Å². The van der Waals surface area contributed by atoms with Crippen LogP contribution in [0, 0.1) is 0 Å². The second-order valence-corrected chi connectivity index (χ2v) is 9.10. The number of nitrogens with zero attached hydrogens (tertiary/aromatic N) is 3. The highest BCUT2D eigenvalue weighted by molar-refractivity contribution is 5.89. The topological polar surface area (TPSA) is 84.3 Å². The molecule has 0 aliphatic heterocycles. The van der Waals surface area contributed by atoms with Crippen LogP contribution >= 0.6 is 0 Å². The van der Waals surface area contributed by atoms with E-state index in [0.717, 1.165) is 53.1 Å². The number of anilines is 2. The molecule has 184 valence electrons. The number of pyridine rings is 1. The predicted octanol–water partition coefficient (Wildman–Crippen LogP) is 6.46. The molecule has 5 aromatic rings. The highest BCUT2D eigenvalue weighted by atomic mass is 16.5. The van der Waals surface area contributed by atoms with Crippen LogP contribution in [0.15, 0.2) is 90.0 Å². The van der Waals surface area contributed by atoms with Crippen LogP contribution in [0.2, 0.25) is 0 Å². The molecule has 0 unspecified atom stereocenters. The van der Waals surface area contributed by atoms with Crippen molar-refractivity contribution in [2.75, 3.05) is 12.4 Å². The van der Waals surface area contributed by atoms with Gasteiger partial charge in [0.05, 0.1) is 24.6 Å². The lowest BCUT2D eigenvalue weighted by Gasteiger charge is -2.15. The van der Waals surface area contributed by atoms with Crippen molar-refractivity contribution in [3.63, 3.8) is 0 Å². The number of hydrogen-bond donors (Lipinski definition) is 2. The van der Waals surface area contributed by atoms with E-state index in [9.17, 15) is 4.79 Å². The lowest BCUT2D eigenvalue weighted by atomic mass is 9.92. The van der Waals surface area contributed by atoms with Gasteiger partial charge < -0.3 is 15.0 Å². The average molecular weight is 490 g/mol. The largest absolute Gasteiger partial charge is 0.497 e. The van der Waals surface area contributed by atoms with E-state index in [-0.39, 0.29) is 5.56 Å². The Labute approximate surface area is 214 Å². The standard InChI is InChI=1S/C30H27N5O2/c1-37-24-16-14-21(15-17-24)26-28(32-23-13-8-18-31-19-23)33-29-25(20-9-4-2-5-10-20)27(34-35(29)30(26)36)22-11-6-3-7-12-22/h3,6-9,11-19,32-33H,2,4-5,10H2,1H3. The maximum atomic E-state index is 14.1. The number of aromatic nitrogens is 4. The van der Waals surface area contributed by atoms with Crippen LogP contribution in [0.1, 0.15) is 31.2 Å². The summed E-state index contributed by atoms with van der Waals surface area (Å²) in [4.78, 5) is 21.9. The number of aromatic amines is 1. The number of benzene rings is 2. The van der Waals surface area contributed by atoms with E-state index in [1.54, 1.807) is 19.5 Å². The third kappa shape index (κ3) is 4.29. The third-order valence-electron chi connectivity index (χ3n) is 6.75. The molecule has 7 heteroatoms. The van der Waals surface area contributed by atoms with Crippen LogP contribution in [-0.4, -0.2) is 26.7 Å². The number of fused-ring (bicyclic) bond motifs is 1. The minimum atomic E-state index is -0.204. The fourth-order valence-electron chi connectivity index (χ4n) is 4.94. The van der Waals surface area contributed by atoms with Gasteiger partial charge in [0.2, 0.25) is 0 Å². The van der Waals surface area contributed by atoms with E-state index in [1.807, 2.05) is 66.7 Å². The molecule has 6 rings (SSSR count). The van der Waals surface area contributed by atoms with Gasteiger partial charge in [0, 0.05) is 17.3 Å². The average Bonchev–Trinajstić information content (AvgIpc) is 3.35. The molecule has 0 saturated heterocycles. The van der Waals surface area contributed by atoms with Gasteiger partial charge in [-0.25, -0.2) is 0 Å². The molecule has 7 nitrogen and oxygen atoms in total. The van der Waals surface area contributed by atoms with E-state index < -0.39 is 0 Å². The summed E-state index contributed by atoms with van der Waals surface area (Å²) in [6.07, 6.45) is 10.0. The van der Waals surface area contributed by atoms with Crippen LogP contribution in [0.4, 0.5) is 11.5 Å². The summed E-state index contributed by atoms with van der Waals surface area (Å²) in [7, 11) is 1.62. The molecule has 0 radical (unpaired) electrons. The molecule has 0 spiro atoms. The first-order valence-electron chi connectivity index (χ1n) is 12.5. The second kappa shape index (κ2) is 9.78. The second-order valence-electron chi connectivity index (χ2n) is 9.10. The fourth-order valence-corrected chi connectivity index (χ4v) is 4.94. The molecule has 1 aliphatic carbocycles. The van der Waals surface area contributed by atoms with Crippen molar-refractivity contribution in [2.24, 2.45) is 0 Å². The Morgan fingerprint density at radius 1 is 0.946 bits per heavy atom. The van der Waals surface area contributed by atoms with Gasteiger partial charge in [0.15, 0.2) is 0 Å². The maximum Gasteiger partial charge on any atom is 0.284 e. The van der Waals surface area contributed by atoms with Crippen molar-refractivity contribution < 1.29 is 4.74 Å². The van der Waals surface area contributed by atoms with Crippen molar-refractivity contribution in [1.82, 2.24) is 19.6 Å². The van der Waals surface area contributed by atoms with E-state index >= 15 is 0 Å². The third-order valence-corrected chi connectivity index (χ3v) is 6.75. The molecule has 2 N–H and O–H groups in total. The summed E-state index contributed by atoms with van der Waals surface area (Å²) in [5.74, 6) is 1.31. The summed E-state index contributed by atoms with van der Waals surface area (Å²) in [5, 5.41) is 8.29. The van der Waals surface area contributed by atoms with Crippen molar-refractivity contribution >= 4 is 22.7 Å². The van der Waals surface area contributed by atoms with Gasteiger partial charge in [-0.1, -0.05) is 48.5 Å². The van der Waals surface area contributed by atoms with Crippen LogP contribution in [0.25, 0.3) is 33.6 Å². The molecule has 1 aliphatic rings. The van der Waals surface area contributed by atoms with Crippen molar-refractivity contribution in [2.45, 2.75) is 25.7 Å². The monoisotopic (exact) mass is 489 g/mol. The van der Waals surface area contributed by atoms with Crippen molar-refractivity contribution in [3.05, 3.63) is 101 Å². The number of ether oxygens (including phenoxy) is 1. The molecular weight excluding hydrogens is 462 g/mol. The highest BCUT2D eigenvalue weighted by Gasteiger charge is 2.24. The molecule has 0 saturated carbocycles. The number of H-pyrrole nitrogens is 1. The Balaban J connectivity index is 1.65. The fraction of sp³-hybridized carbons (Fsp3) is 0.167. The van der Waals surface area contributed by atoms with Crippen LogP contribution in [0.3, 0.4) is 0 Å². The first-order valence-corrected chi connectivity index (χ1v) is 12.5. The zero-order valence-electron chi connectivity index (χ0n) is 20.6. The Hall–Kier alpha value is -4.65. The Kier molecular flexibility index (Phi) is 6.02. The van der Waals surface area contributed by atoms with E-state index in [0.29, 0.717) is 17.0 Å². The number of allylic oxidation sites excluding steroid dienone is 2. The van der Waals surface area contributed by atoms with Crippen molar-refractivity contribution in [1.29, 1.82) is 0 Å². The molecule has 2 aromatic carbocycles. The van der Waals surface area contributed by atoms with Gasteiger partial charge in [-0.2, -0.15) is 9.61 Å². The molecule has 3 aromatic heterocycles. The minimum Gasteiger partial charge on any atom is -0.497 e. The SMILES string of the molecule is COc1ccc(-c2c(Nc3cccnc3)[nH]c3c(C4=CCCCC4)c(-c4ccccc4)nn3c2=O)cc1. The number of nitrogens with one attached hydrogen (secondary N) is 2. The zero-order chi connectivity index (χ0) is 25.2. The van der Waals surface area contributed by atoms with E-state index in [2.05, 4.69) is 21.4 Å². The summed E-state index contributed by atoms with van der Waals surface area (Å²) in [6, 6.07) is 21.3. The normalized spacial score (nSPS) is 13.4. The summed E-state index contributed by atoms with van der Waals surface area (Å²) in [5.41, 5.74) is 6.49. The van der Waals surface area contributed by atoms with Gasteiger partial charge >= 0.3 is 0 Å². The number of methoxy groups -OCH3 is 1. The minimum absolute atomic E-state index is 0.204. The number of hydrogen-bond acceptors (Lipinski definition) is 5. The lowest BCUT2D eigenvalue weighted by molar-refractivity contribution is 0.415. The highest BCUT2D eigenvalue weighted by Crippen LogP contribution is 2.37. The lowest BCUT2D eigenvalue weighted by Crippen LogP contribution is -2.20. The Morgan fingerprint density at radius 2 is 1.78 bits per heavy atom. The molecule has 37 heavy (non-hydrogen) atoms. The summed E-state index contributed by atoms with van der Waals surface area (Å²) in [6.45, 7) is 0. The first-order chi connectivity index (χ1) is 18.2. The van der Waals surface area contributed by atoms with Gasteiger partial charge in [-0.3, -0.25) is 9.78 Å². The summed E-state index contributed by atoms with van der Waals surface area (Å²) < 4.78 is 6.85. The quantitative estimate of drug-likeness (QED) is 0.286. The molecule has 0 bridgehead atoms. The molecule has 0 fully saturated rings. The molecule has 0 amide bonds. The van der Waals surface area contributed by atoms with Crippen molar-refractivity contribution in [3.8, 4) is 28.1 Å². The Morgan fingerprint density at radius 3 is 2.49 bits per heavy atom. The van der Waals surface area contributed by atoms with Crippen LogP contribution < -0.4 is 15.6 Å². The maximum absolute atomic E-state index is 14.1. The molecule has 0 atom stereocenters.